The van der Waals surface area contributed by atoms with Gasteiger partial charge in [0.15, 0.2) is 0 Å². The molecule has 0 saturated heterocycles. The fourth-order valence-electron chi connectivity index (χ4n) is 2.00. The predicted octanol–water partition coefficient (Wildman–Crippen LogP) is 3.10. The summed E-state index contributed by atoms with van der Waals surface area (Å²) in [7, 11) is 0. The summed E-state index contributed by atoms with van der Waals surface area (Å²) >= 11 is 1.66. The van der Waals surface area contributed by atoms with Gasteiger partial charge in [-0.1, -0.05) is 24.0 Å². The Morgan fingerprint density at radius 3 is 2.70 bits per heavy atom. The Labute approximate surface area is 138 Å². The molecule has 4 nitrogen and oxygen atoms in total. The highest BCUT2D eigenvalue weighted by molar-refractivity contribution is 7.12. The van der Waals surface area contributed by atoms with E-state index in [9.17, 15) is 9.18 Å². The molecular weight excluding hydrogens is 315 g/mol. The molecule has 2 aromatic rings. The Hall–Kier alpha value is -2.36. The number of nitrogens with zero attached hydrogens (tertiary/aromatic N) is 1. The first-order valence-corrected chi connectivity index (χ1v) is 7.81. The van der Waals surface area contributed by atoms with Crippen LogP contribution in [0.15, 0.2) is 30.3 Å². The third-order valence-corrected chi connectivity index (χ3v) is 4.46. The Morgan fingerprint density at radius 2 is 2.04 bits per heavy atom. The van der Waals surface area contributed by atoms with Crippen LogP contribution in [-0.4, -0.2) is 22.8 Å². The third kappa shape index (κ3) is 5.09. The largest absolute Gasteiger partial charge is 0.350 e. The Balaban J connectivity index is 1.97. The summed E-state index contributed by atoms with van der Waals surface area (Å²) in [6.45, 7) is 1.93. The Morgan fingerprint density at radius 1 is 1.35 bits per heavy atom. The van der Waals surface area contributed by atoms with E-state index >= 15 is 0 Å². The fraction of sp³-hybridized carbons (Fsp3) is 0.235. The highest BCUT2D eigenvalue weighted by atomic mass is 32.1. The van der Waals surface area contributed by atoms with E-state index in [1.165, 1.54) is 22.6 Å². The van der Waals surface area contributed by atoms with Crippen LogP contribution in [0.5, 0.6) is 0 Å². The average molecular weight is 332 g/mol. The van der Waals surface area contributed by atoms with Crippen molar-refractivity contribution < 1.29 is 14.4 Å². The molecule has 6 heteroatoms. The van der Waals surface area contributed by atoms with Crippen molar-refractivity contribution in [2.75, 3.05) is 6.54 Å². The van der Waals surface area contributed by atoms with Crippen LogP contribution in [0.1, 0.15) is 20.9 Å². The summed E-state index contributed by atoms with van der Waals surface area (Å²) in [5.41, 5.74) is 7.12. The lowest BCUT2D eigenvalue weighted by atomic mass is 10.1. The van der Waals surface area contributed by atoms with Gasteiger partial charge < -0.3 is 5.73 Å². The summed E-state index contributed by atoms with van der Waals surface area (Å²) in [6, 6.07) is 7.64. The molecule has 2 amide bonds. The molecule has 1 aromatic carbocycles. The van der Waals surface area contributed by atoms with Crippen molar-refractivity contribution in [2.45, 2.75) is 19.8 Å². The number of carbonyl (C=O) groups is 1. The number of rotatable bonds is 4. The van der Waals surface area contributed by atoms with Gasteiger partial charge in [0, 0.05) is 22.6 Å². The summed E-state index contributed by atoms with van der Waals surface area (Å²) < 4.78 is 12.9. The number of benzene rings is 1. The lowest BCUT2D eigenvalue weighted by molar-refractivity contribution is -0.0269. The molecule has 23 heavy (non-hydrogen) atoms. The molecule has 3 N–H and O–H groups in total. The van der Waals surface area contributed by atoms with Gasteiger partial charge in [-0.15, -0.1) is 11.3 Å². The summed E-state index contributed by atoms with van der Waals surface area (Å²) in [4.78, 5) is 12.9. The van der Waals surface area contributed by atoms with E-state index in [0.29, 0.717) is 11.5 Å². The number of halogens is 1. The first kappa shape index (κ1) is 17.0. The highest BCUT2D eigenvalue weighted by Crippen LogP contribution is 2.25. The molecule has 0 atom stereocenters. The van der Waals surface area contributed by atoms with Gasteiger partial charge >= 0.3 is 6.03 Å². The van der Waals surface area contributed by atoms with Gasteiger partial charge in [-0.3, -0.25) is 5.21 Å². The highest BCUT2D eigenvalue weighted by Gasteiger charge is 2.06. The average Bonchev–Trinajstić information content (AvgIpc) is 2.85. The second-order valence-electron chi connectivity index (χ2n) is 5.05. The van der Waals surface area contributed by atoms with Crippen LogP contribution in [0.2, 0.25) is 0 Å². The quantitative estimate of drug-likeness (QED) is 0.513. The number of hydroxylamine groups is 2. The van der Waals surface area contributed by atoms with Crippen LogP contribution in [0.25, 0.3) is 0 Å². The minimum absolute atomic E-state index is 0.109. The van der Waals surface area contributed by atoms with Crippen molar-refractivity contribution in [3.05, 3.63) is 57.0 Å². The van der Waals surface area contributed by atoms with Gasteiger partial charge in [0.2, 0.25) is 0 Å². The number of hydrogen-bond donors (Lipinski definition) is 2. The Bertz CT molecular complexity index is 744. The number of thiophene rings is 1. The molecule has 0 spiro atoms. The minimum Gasteiger partial charge on any atom is -0.350 e. The van der Waals surface area contributed by atoms with Crippen molar-refractivity contribution in [3.63, 3.8) is 0 Å². The molecule has 1 heterocycles. The standard InChI is InChI=1S/C17H17FN2O2S/c1-12-10-15(4-2-3-9-20(22)17(19)21)23-16(12)11-13-5-7-14(18)8-6-13/h5-8,10,22H,4,9,11H2,1H3,(H2,19,21). The van der Waals surface area contributed by atoms with E-state index in [1.54, 1.807) is 23.5 Å². The molecule has 0 aliphatic carbocycles. The van der Waals surface area contributed by atoms with Crippen LogP contribution < -0.4 is 5.73 Å². The molecule has 0 bridgehead atoms. The van der Waals surface area contributed by atoms with Gasteiger partial charge in [0.25, 0.3) is 0 Å². The molecule has 0 fully saturated rings. The summed E-state index contributed by atoms with van der Waals surface area (Å²) in [5, 5.41) is 9.46. The van der Waals surface area contributed by atoms with Crippen LogP contribution in [0, 0.1) is 24.6 Å². The van der Waals surface area contributed by atoms with Crippen LogP contribution in [-0.2, 0) is 12.8 Å². The maximum atomic E-state index is 12.9. The predicted molar refractivity (Wildman–Crippen MR) is 87.8 cm³/mol. The number of hydrogen-bond acceptors (Lipinski definition) is 3. The van der Waals surface area contributed by atoms with Crippen molar-refractivity contribution in [1.82, 2.24) is 5.06 Å². The molecule has 0 aliphatic heterocycles. The summed E-state index contributed by atoms with van der Waals surface area (Å²) in [6.07, 6.45) is 1.30. The van der Waals surface area contributed by atoms with Crippen molar-refractivity contribution >= 4 is 17.4 Å². The maximum absolute atomic E-state index is 12.9. The number of amides is 2. The van der Waals surface area contributed by atoms with Gasteiger partial charge in [-0.25, -0.2) is 9.18 Å². The van der Waals surface area contributed by atoms with Crippen molar-refractivity contribution in [1.29, 1.82) is 0 Å². The van der Waals surface area contributed by atoms with Crippen LogP contribution in [0.3, 0.4) is 0 Å². The molecule has 0 radical (unpaired) electrons. The minimum atomic E-state index is -0.923. The zero-order valence-electron chi connectivity index (χ0n) is 12.7. The number of nitrogens with two attached hydrogens (primary N) is 1. The lowest BCUT2D eigenvalue weighted by Crippen LogP contribution is -2.32. The monoisotopic (exact) mass is 332 g/mol. The second kappa shape index (κ2) is 7.77. The Kier molecular flexibility index (Phi) is 5.74. The van der Waals surface area contributed by atoms with Gasteiger partial charge in [-0.2, -0.15) is 5.06 Å². The topological polar surface area (TPSA) is 66.6 Å². The van der Waals surface area contributed by atoms with Gasteiger partial charge in [-0.05, 0) is 36.2 Å². The molecule has 1 aromatic heterocycles. The first-order valence-electron chi connectivity index (χ1n) is 7.00. The SMILES string of the molecule is Cc1cc(CC#CCN(O)C(N)=O)sc1Cc1ccc(F)cc1. The second-order valence-corrected chi connectivity index (χ2v) is 6.27. The number of carbonyl (C=O) groups excluding carboxylic acids is 1. The van der Waals surface area contributed by atoms with Crippen molar-refractivity contribution in [2.24, 2.45) is 5.73 Å². The molecular formula is C17H17FN2O2S. The van der Waals surface area contributed by atoms with E-state index in [1.807, 2.05) is 6.92 Å². The van der Waals surface area contributed by atoms with E-state index in [4.69, 9.17) is 10.9 Å². The number of aryl methyl sites for hydroxylation is 1. The zero-order valence-corrected chi connectivity index (χ0v) is 13.5. The smallest absolute Gasteiger partial charge is 0.339 e. The molecule has 0 saturated carbocycles. The lowest BCUT2D eigenvalue weighted by Gasteiger charge is -2.05. The molecule has 2 rings (SSSR count). The fourth-order valence-corrected chi connectivity index (χ4v) is 3.15. The number of urea groups is 1. The molecule has 0 unspecified atom stereocenters. The van der Waals surface area contributed by atoms with E-state index in [2.05, 4.69) is 17.9 Å². The third-order valence-electron chi connectivity index (χ3n) is 3.22. The normalized spacial score (nSPS) is 10.0. The van der Waals surface area contributed by atoms with E-state index < -0.39 is 6.03 Å². The number of primary amides is 1. The summed E-state index contributed by atoms with van der Waals surface area (Å²) in [5.74, 6) is 5.36. The molecule has 0 aliphatic rings. The van der Waals surface area contributed by atoms with Crippen LogP contribution >= 0.6 is 11.3 Å². The zero-order chi connectivity index (χ0) is 16.8. The van der Waals surface area contributed by atoms with Crippen LogP contribution in [0.4, 0.5) is 9.18 Å². The molecule has 120 valence electrons. The van der Waals surface area contributed by atoms with E-state index in [0.717, 1.165) is 16.9 Å². The van der Waals surface area contributed by atoms with E-state index in [-0.39, 0.29) is 12.4 Å². The van der Waals surface area contributed by atoms with Gasteiger partial charge in [0.05, 0.1) is 0 Å². The van der Waals surface area contributed by atoms with Gasteiger partial charge in [0.1, 0.15) is 12.4 Å². The first-order chi connectivity index (χ1) is 11.0. The van der Waals surface area contributed by atoms with Crippen molar-refractivity contribution in [3.8, 4) is 11.8 Å². The maximum Gasteiger partial charge on any atom is 0.339 e.